The molecule has 0 fully saturated rings. The Bertz CT molecular complexity index is 550. The normalized spacial score (nSPS) is 12.2. The Balaban J connectivity index is 2.17. The fourth-order valence-electron chi connectivity index (χ4n) is 2.51. The Labute approximate surface area is 121 Å². The maximum atomic E-state index is 5.93. The number of nitrogens with two attached hydrogens (primary N) is 1. The molecule has 0 bridgehead atoms. The maximum Gasteiger partial charge on any atom is 0.209 e. The Kier molecular flexibility index (Phi) is 4.65. The average molecular weight is 275 g/mol. The second-order valence-electron chi connectivity index (χ2n) is 6.28. The van der Waals surface area contributed by atoms with E-state index in [1.54, 1.807) is 0 Å². The number of nitrogens with zero attached hydrogens (tertiary/aromatic N) is 2. The van der Waals surface area contributed by atoms with Crippen LogP contribution in [0.15, 0.2) is 22.6 Å². The number of aromatic nitrogens is 1. The first-order valence-corrected chi connectivity index (χ1v) is 7.32. The lowest BCUT2D eigenvalue weighted by atomic mass is 10.1. The van der Waals surface area contributed by atoms with Crippen molar-refractivity contribution in [3.8, 4) is 0 Å². The minimum absolute atomic E-state index is 0.628. The highest BCUT2D eigenvalue weighted by Gasteiger charge is 2.14. The summed E-state index contributed by atoms with van der Waals surface area (Å²) in [5.74, 6) is 2.01. The Hall–Kier alpha value is -1.55. The molecule has 0 saturated heterocycles. The Morgan fingerprint density at radius 1 is 1.15 bits per heavy atom. The number of hydrogen-bond acceptors (Lipinski definition) is 4. The number of hydrogen-bond donors (Lipinski definition) is 1. The van der Waals surface area contributed by atoms with E-state index in [1.165, 1.54) is 0 Å². The van der Waals surface area contributed by atoms with Crippen LogP contribution in [-0.4, -0.2) is 23.0 Å². The number of anilines is 1. The molecule has 0 aliphatic carbocycles. The number of oxazole rings is 1. The molecule has 0 aliphatic rings. The van der Waals surface area contributed by atoms with Gasteiger partial charge in [0.15, 0.2) is 5.58 Å². The maximum absolute atomic E-state index is 5.93. The third kappa shape index (κ3) is 3.73. The lowest BCUT2D eigenvalue weighted by molar-refractivity contribution is 0.195. The fraction of sp³-hybridized carbons (Fsp3) is 0.562. The van der Waals surface area contributed by atoms with Gasteiger partial charge in [-0.3, -0.25) is 4.90 Å². The van der Waals surface area contributed by atoms with E-state index >= 15 is 0 Å². The van der Waals surface area contributed by atoms with E-state index in [0.29, 0.717) is 17.5 Å². The van der Waals surface area contributed by atoms with Crippen molar-refractivity contribution in [2.45, 2.75) is 34.2 Å². The van der Waals surface area contributed by atoms with Crippen LogP contribution < -0.4 is 5.73 Å². The van der Waals surface area contributed by atoms with Crippen molar-refractivity contribution in [3.63, 3.8) is 0 Å². The third-order valence-electron chi connectivity index (χ3n) is 3.10. The molecule has 20 heavy (non-hydrogen) atoms. The first kappa shape index (κ1) is 14.9. The van der Waals surface area contributed by atoms with E-state index in [0.717, 1.165) is 36.6 Å². The standard InChI is InChI=1S/C16H25N3O/c1-11(2)8-19(9-12(3)4)10-15-18-16-13(17)6-5-7-14(16)20-15/h5-7,11-12H,8-10,17H2,1-4H3. The molecule has 0 radical (unpaired) electrons. The van der Waals surface area contributed by atoms with E-state index in [4.69, 9.17) is 10.2 Å². The van der Waals surface area contributed by atoms with Crippen molar-refractivity contribution in [2.75, 3.05) is 18.8 Å². The molecule has 2 aromatic rings. The molecule has 2 rings (SSSR count). The zero-order valence-electron chi connectivity index (χ0n) is 12.9. The average Bonchev–Trinajstić information content (AvgIpc) is 2.71. The summed E-state index contributed by atoms with van der Waals surface area (Å²) >= 11 is 0. The molecule has 0 amide bonds. The van der Waals surface area contributed by atoms with E-state index in [2.05, 4.69) is 37.6 Å². The monoisotopic (exact) mass is 275 g/mol. The van der Waals surface area contributed by atoms with Gasteiger partial charge >= 0.3 is 0 Å². The van der Waals surface area contributed by atoms with E-state index in [9.17, 15) is 0 Å². The summed E-state index contributed by atoms with van der Waals surface area (Å²) in [7, 11) is 0. The van der Waals surface area contributed by atoms with Crippen molar-refractivity contribution < 1.29 is 4.42 Å². The molecule has 4 nitrogen and oxygen atoms in total. The summed E-state index contributed by atoms with van der Waals surface area (Å²) in [6.07, 6.45) is 0. The van der Waals surface area contributed by atoms with Crippen LogP contribution in [0.25, 0.3) is 11.1 Å². The smallest absolute Gasteiger partial charge is 0.209 e. The molecule has 110 valence electrons. The molecule has 0 aliphatic heterocycles. The second kappa shape index (κ2) is 6.27. The summed E-state index contributed by atoms with van der Waals surface area (Å²) < 4.78 is 5.81. The summed E-state index contributed by atoms with van der Waals surface area (Å²) in [5, 5.41) is 0. The second-order valence-corrected chi connectivity index (χ2v) is 6.28. The van der Waals surface area contributed by atoms with E-state index in [1.807, 2.05) is 18.2 Å². The van der Waals surface area contributed by atoms with Crippen LogP contribution in [0.4, 0.5) is 5.69 Å². The van der Waals surface area contributed by atoms with Gasteiger partial charge in [-0.1, -0.05) is 33.8 Å². The number of fused-ring (bicyclic) bond motifs is 1. The molecular formula is C16H25N3O. The van der Waals surface area contributed by atoms with E-state index < -0.39 is 0 Å². The molecule has 1 heterocycles. The Morgan fingerprint density at radius 2 is 1.80 bits per heavy atom. The van der Waals surface area contributed by atoms with Gasteiger partial charge in [0.1, 0.15) is 5.52 Å². The molecule has 0 atom stereocenters. The largest absolute Gasteiger partial charge is 0.439 e. The summed E-state index contributed by atoms with van der Waals surface area (Å²) in [4.78, 5) is 6.93. The van der Waals surface area contributed by atoms with Crippen LogP contribution in [0.1, 0.15) is 33.6 Å². The molecule has 0 spiro atoms. The first-order chi connectivity index (χ1) is 9.45. The van der Waals surface area contributed by atoms with Crippen LogP contribution in [0.2, 0.25) is 0 Å². The van der Waals surface area contributed by atoms with Crippen LogP contribution in [0.3, 0.4) is 0 Å². The SMILES string of the molecule is CC(C)CN(Cc1nc2c(N)cccc2o1)CC(C)C. The highest BCUT2D eigenvalue weighted by atomic mass is 16.3. The number of benzene rings is 1. The van der Waals surface area contributed by atoms with Gasteiger partial charge in [0.2, 0.25) is 5.89 Å². The molecular weight excluding hydrogens is 250 g/mol. The van der Waals surface area contributed by atoms with Crippen molar-refractivity contribution in [1.29, 1.82) is 0 Å². The zero-order chi connectivity index (χ0) is 14.7. The van der Waals surface area contributed by atoms with E-state index in [-0.39, 0.29) is 0 Å². The molecule has 1 aromatic carbocycles. The molecule has 4 heteroatoms. The summed E-state index contributed by atoms with van der Waals surface area (Å²) in [5.41, 5.74) is 8.15. The fourth-order valence-corrected chi connectivity index (χ4v) is 2.51. The minimum Gasteiger partial charge on any atom is -0.439 e. The number of para-hydroxylation sites is 1. The first-order valence-electron chi connectivity index (χ1n) is 7.32. The molecule has 0 saturated carbocycles. The van der Waals surface area contributed by atoms with Gasteiger partial charge in [-0.15, -0.1) is 0 Å². The predicted octanol–water partition coefficient (Wildman–Crippen LogP) is 3.52. The Morgan fingerprint density at radius 3 is 2.35 bits per heavy atom. The molecule has 0 unspecified atom stereocenters. The van der Waals surface area contributed by atoms with Gasteiger partial charge < -0.3 is 10.2 Å². The number of rotatable bonds is 6. The summed E-state index contributed by atoms with van der Waals surface area (Å²) in [6.45, 7) is 11.8. The topological polar surface area (TPSA) is 55.3 Å². The number of nitrogen functional groups attached to an aromatic ring is 1. The van der Waals surface area contributed by atoms with Crippen LogP contribution in [-0.2, 0) is 6.54 Å². The highest BCUT2D eigenvalue weighted by molar-refractivity contribution is 5.85. The van der Waals surface area contributed by atoms with Gasteiger partial charge in [-0.2, -0.15) is 0 Å². The highest BCUT2D eigenvalue weighted by Crippen LogP contribution is 2.22. The van der Waals surface area contributed by atoms with Gasteiger partial charge in [-0.25, -0.2) is 4.98 Å². The minimum atomic E-state index is 0.628. The van der Waals surface area contributed by atoms with Crippen LogP contribution in [0.5, 0.6) is 0 Å². The molecule has 1 aromatic heterocycles. The van der Waals surface area contributed by atoms with Crippen molar-refractivity contribution in [1.82, 2.24) is 9.88 Å². The molecule has 2 N–H and O–H groups in total. The van der Waals surface area contributed by atoms with Crippen molar-refractivity contribution >= 4 is 16.8 Å². The lowest BCUT2D eigenvalue weighted by Gasteiger charge is -2.24. The van der Waals surface area contributed by atoms with Crippen molar-refractivity contribution in [3.05, 3.63) is 24.1 Å². The van der Waals surface area contributed by atoms with Gasteiger partial charge in [-0.05, 0) is 24.0 Å². The predicted molar refractivity (Wildman–Crippen MR) is 83.4 cm³/mol. The summed E-state index contributed by atoms with van der Waals surface area (Å²) in [6, 6.07) is 5.67. The van der Waals surface area contributed by atoms with Gasteiger partial charge in [0, 0.05) is 13.1 Å². The van der Waals surface area contributed by atoms with Gasteiger partial charge in [0.05, 0.1) is 12.2 Å². The lowest BCUT2D eigenvalue weighted by Crippen LogP contribution is -2.31. The quantitative estimate of drug-likeness (QED) is 0.819. The zero-order valence-corrected chi connectivity index (χ0v) is 12.9. The van der Waals surface area contributed by atoms with Gasteiger partial charge in [0.25, 0.3) is 0 Å². The van der Waals surface area contributed by atoms with Crippen molar-refractivity contribution in [2.24, 2.45) is 11.8 Å². The van der Waals surface area contributed by atoms with Crippen LogP contribution >= 0.6 is 0 Å². The van der Waals surface area contributed by atoms with Crippen LogP contribution in [0, 0.1) is 11.8 Å². The third-order valence-corrected chi connectivity index (χ3v) is 3.10.